The van der Waals surface area contributed by atoms with Crippen molar-refractivity contribution in [3.05, 3.63) is 0 Å². The number of aliphatic carboxylic acids is 2. The number of carboxylic acid groups (broad SMARTS) is 2. The second-order valence-corrected chi connectivity index (χ2v) is 3.77. The van der Waals surface area contributed by atoms with Gasteiger partial charge in [0.2, 0.25) is 0 Å². The highest BCUT2D eigenvalue weighted by Crippen LogP contribution is 1.74. The molecule has 0 aromatic carbocycles. The van der Waals surface area contributed by atoms with Crippen LogP contribution >= 0.6 is 0 Å². The summed E-state index contributed by atoms with van der Waals surface area (Å²) >= 11 is 0. The van der Waals surface area contributed by atoms with E-state index in [2.05, 4.69) is 32.9 Å². The molecule has 2 atom stereocenters. The van der Waals surface area contributed by atoms with Crippen LogP contribution in [0.15, 0.2) is 0 Å². The summed E-state index contributed by atoms with van der Waals surface area (Å²) in [6, 6.07) is -1.38. The van der Waals surface area contributed by atoms with Crippen molar-refractivity contribution in [2.75, 3.05) is 0 Å². The minimum atomic E-state index is -0.963. The van der Waals surface area contributed by atoms with E-state index in [1.807, 2.05) is 0 Å². The number of hydrogen-bond acceptors (Lipinski definition) is 4. The maximum Gasteiger partial charge on any atom is 0.320 e. The van der Waals surface area contributed by atoms with Crippen LogP contribution in [0.2, 0.25) is 0 Å². The largest absolute Gasteiger partial charge is 0.480 e. The van der Waals surface area contributed by atoms with E-state index in [4.69, 9.17) is 23.9 Å². The van der Waals surface area contributed by atoms with Gasteiger partial charge < -0.3 is 21.2 Å². The average Bonchev–Trinajstić information content (AvgIpc) is 2.30. The minimum absolute atomic E-state index is 0.653. The average molecular weight is 276 g/mol. The van der Waals surface area contributed by atoms with E-state index in [1.54, 1.807) is 0 Å². The van der Waals surface area contributed by atoms with Gasteiger partial charge in [-0.1, -0.05) is 40.5 Å². The van der Waals surface area contributed by atoms with Crippen molar-refractivity contribution in [2.24, 2.45) is 5.73 Å². The number of hydrogen-bond donors (Lipinski definition) is 4. The Morgan fingerprint density at radius 3 is 1.26 bits per heavy atom. The normalized spacial score (nSPS) is 11.1. The first kappa shape index (κ1) is 26.5. The highest BCUT2D eigenvalue weighted by molar-refractivity contribution is 6.06. The Morgan fingerprint density at radius 1 is 1.05 bits per heavy atom. The van der Waals surface area contributed by atoms with Crippen LogP contribution < -0.4 is 11.0 Å². The number of nitrogens with two attached hydrogens (primary N) is 1. The highest BCUT2D eigenvalue weighted by Gasteiger charge is 2.03. The summed E-state index contributed by atoms with van der Waals surface area (Å²) in [6.07, 6.45) is 2.50. The summed E-state index contributed by atoms with van der Waals surface area (Å²) in [5.41, 5.74) is 4.84. The van der Waals surface area contributed by atoms with E-state index in [0.29, 0.717) is 0 Å². The van der Waals surface area contributed by atoms with Crippen molar-refractivity contribution < 1.29 is 19.8 Å². The molecule has 5 N–H and O–H groups in total. The first-order valence-electron chi connectivity index (χ1n) is 6.33. The lowest BCUT2D eigenvalue weighted by molar-refractivity contribution is -0.139. The maximum atomic E-state index is 9.79. The molecule has 2 radical (unpaired) electrons. The third kappa shape index (κ3) is 47.3. The summed E-state index contributed by atoms with van der Waals surface area (Å²) in [6.45, 7) is 11.4. The van der Waals surface area contributed by atoms with Crippen LogP contribution in [0.5, 0.6) is 0 Å². The molecule has 0 fully saturated rings. The van der Waals surface area contributed by atoms with Gasteiger partial charge in [0.05, 0.1) is 6.04 Å². The van der Waals surface area contributed by atoms with Crippen molar-refractivity contribution in [1.82, 2.24) is 5.23 Å². The zero-order valence-corrected chi connectivity index (χ0v) is 12.9. The van der Waals surface area contributed by atoms with Crippen LogP contribution in [-0.4, -0.2) is 42.2 Å². The molecule has 0 rings (SSSR count). The van der Waals surface area contributed by atoms with E-state index >= 15 is 0 Å². The Balaban J connectivity index is -0.0000000851. The topological polar surface area (TPSA) is 113 Å². The van der Waals surface area contributed by atoms with Crippen LogP contribution in [0.4, 0.5) is 0 Å². The molecule has 0 aromatic heterocycles. The van der Waals surface area contributed by atoms with E-state index in [1.165, 1.54) is 26.7 Å². The lowest BCUT2D eigenvalue weighted by Crippen LogP contribution is -2.31. The van der Waals surface area contributed by atoms with Gasteiger partial charge in [0.25, 0.3) is 0 Å². The van der Waals surface area contributed by atoms with Crippen molar-refractivity contribution in [3.8, 4) is 0 Å². The Bertz CT molecular complexity index is 200. The predicted octanol–water partition coefficient (Wildman–Crippen LogP) is 1.38. The molecular formula is C12H29BN2O4. The van der Waals surface area contributed by atoms with Gasteiger partial charge in [-0.25, -0.2) is 0 Å². The summed E-state index contributed by atoms with van der Waals surface area (Å²) in [5.74, 6) is -1.91. The molecular weight excluding hydrogens is 247 g/mol. The molecule has 0 saturated carbocycles. The van der Waals surface area contributed by atoms with Gasteiger partial charge in [0.15, 0.2) is 7.98 Å². The fraction of sp³-hybridized carbons (Fsp3) is 0.833. The molecule has 0 aromatic rings. The van der Waals surface area contributed by atoms with Crippen molar-refractivity contribution in [2.45, 2.75) is 66.5 Å². The molecule has 7 heteroatoms. The van der Waals surface area contributed by atoms with E-state index in [9.17, 15) is 9.59 Å². The van der Waals surface area contributed by atoms with Crippen LogP contribution in [0.25, 0.3) is 0 Å². The standard InChI is InChI=1S/C3H6BNO2.C3H7NO2.2C3H8/c1-2(5-4)3(6)7;1-2(4)3(5)6;2*1-3-2/h2,5H,1H3,(H,6,7);2H,4H2,1H3,(H,5,6);2*3H2,1-2H3. The van der Waals surface area contributed by atoms with Gasteiger partial charge in [-0.2, -0.15) is 0 Å². The Hall–Kier alpha value is -1.08. The third-order valence-electron chi connectivity index (χ3n) is 1.01. The lowest BCUT2D eigenvalue weighted by atomic mass is 10.3. The summed E-state index contributed by atoms with van der Waals surface area (Å²) in [7, 11) is 4.74. The SMILES string of the molecule is CC(N)C(=O)O.CCC.CCC.[B]NC(C)C(=O)O. The smallest absolute Gasteiger partial charge is 0.320 e. The second kappa shape index (κ2) is 22.1. The van der Waals surface area contributed by atoms with Crippen LogP contribution in [-0.2, 0) is 9.59 Å². The first-order chi connectivity index (χ1) is 8.65. The molecule has 0 aliphatic rings. The van der Waals surface area contributed by atoms with E-state index in [-0.39, 0.29) is 0 Å². The highest BCUT2D eigenvalue weighted by atomic mass is 16.4. The van der Waals surface area contributed by atoms with Gasteiger partial charge in [-0.05, 0) is 13.8 Å². The van der Waals surface area contributed by atoms with Gasteiger partial charge in [0, 0.05) is 0 Å². The fourth-order valence-corrected chi connectivity index (χ4v) is 0.0713. The molecule has 0 heterocycles. The number of rotatable bonds is 3. The molecule has 0 bridgehead atoms. The molecule has 19 heavy (non-hydrogen) atoms. The molecule has 0 aliphatic heterocycles. The Morgan fingerprint density at radius 2 is 1.26 bits per heavy atom. The van der Waals surface area contributed by atoms with Gasteiger partial charge in [0.1, 0.15) is 6.04 Å². The number of carboxylic acids is 2. The number of nitrogens with one attached hydrogen (secondary N) is 1. The third-order valence-corrected chi connectivity index (χ3v) is 1.01. The van der Waals surface area contributed by atoms with Crippen molar-refractivity contribution >= 4 is 19.9 Å². The summed E-state index contributed by atoms with van der Waals surface area (Å²) in [5, 5.41) is 18.0. The fourth-order valence-electron chi connectivity index (χ4n) is 0.0713. The van der Waals surface area contributed by atoms with Crippen LogP contribution in [0.3, 0.4) is 0 Å². The van der Waals surface area contributed by atoms with E-state index in [0.717, 1.165) is 0 Å². The van der Waals surface area contributed by atoms with E-state index < -0.39 is 24.0 Å². The van der Waals surface area contributed by atoms with Gasteiger partial charge >= 0.3 is 11.9 Å². The molecule has 6 nitrogen and oxygen atoms in total. The lowest BCUT2D eigenvalue weighted by Gasteiger charge is -2.00. The monoisotopic (exact) mass is 276 g/mol. The summed E-state index contributed by atoms with van der Waals surface area (Å²) < 4.78 is 0. The van der Waals surface area contributed by atoms with Crippen LogP contribution in [0.1, 0.15) is 54.4 Å². The zero-order chi connectivity index (χ0) is 16.4. The van der Waals surface area contributed by atoms with Gasteiger partial charge in [-0.3, -0.25) is 9.59 Å². The Labute approximate surface area is 118 Å². The quantitative estimate of drug-likeness (QED) is 0.579. The zero-order valence-electron chi connectivity index (χ0n) is 12.9. The maximum absolute atomic E-state index is 9.79. The number of carbonyl (C=O) groups is 2. The Kier molecular flexibility index (Phi) is 30.9. The molecule has 114 valence electrons. The second-order valence-electron chi connectivity index (χ2n) is 3.77. The summed E-state index contributed by atoms with van der Waals surface area (Å²) in [4.78, 5) is 19.4. The minimum Gasteiger partial charge on any atom is -0.480 e. The molecule has 0 spiro atoms. The van der Waals surface area contributed by atoms with Crippen LogP contribution in [0, 0.1) is 0 Å². The van der Waals surface area contributed by atoms with Crippen molar-refractivity contribution in [1.29, 1.82) is 0 Å². The van der Waals surface area contributed by atoms with Gasteiger partial charge in [-0.15, -0.1) is 0 Å². The predicted molar refractivity (Wildman–Crippen MR) is 79.2 cm³/mol. The molecule has 0 amide bonds. The molecule has 2 unspecified atom stereocenters. The van der Waals surface area contributed by atoms with Crippen molar-refractivity contribution in [3.63, 3.8) is 0 Å². The molecule has 0 aliphatic carbocycles. The molecule has 0 saturated heterocycles. The first-order valence-corrected chi connectivity index (χ1v) is 6.33.